The third-order valence-electron chi connectivity index (χ3n) is 5.31. The van der Waals surface area contributed by atoms with Crippen molar-refractivity contribution in [3.05, 3.63) is 51.9 Å². The summed E-state index contributed by atoms with van der Waals surface area (Å²) in [4.78, 5) is 34.0. The molecule has 0 saturated carbocycles. The smallest absolute Gasteiger partial charge is 0.257 e. The van der Waals surface area contributed by atoms with Crippen molar-refractivity contribution in [3.63, 3.8) is 0 Å². The summed E-state index contributed by atoms with van der Waals surface area (Å²) >= 11 is 1.50. The molecule has 27 heavy (non-hydrogen) atoms. The van der Waals surface area contributed by atoms with Gasteiger partial charge in [-0.2, -0.15) is 0 Å². The monoisotopic (exact) mass is 384 g/mol. The van der Waals surface area contributed by atoms with E-state index in [-0.39, 0.29) is 17.4 Å². The molecular weight excluding hydrogens is 360 g/mol. The van der Waals surface area contributed by atoms with Crippen molar-refractivity contribution >= 4 is 23.4 Å². The number of benzene rings is 1. The van der Waals surface area contributed by atoms with Gasteiger partial charge in [-0.05, 0) is 31.5 Å². The topological polar surface area (TPSA) is 58.4 Å². The minimum absolute atomic E-state index is 0.0331. The Labute approximate surface area is 163 Å². The molecule has 1 amide bonds. The van der Waals surface area contributed by atoms with Crippen LogP contribution >= 0.6 is 11.8 Å². The maximum Gasteiger partial charge on any atom is 0.257 e. The van der Waals surface area contributed by atoms with Crippen LogP contribution in [0.3, 0.4) is 0 Å². The number of carbonyl (C=O) groups excluding carboxylic acids is 1. The van der Waals surface area contributed by atoms with E-state index in [9.17, 15) is 9.59 Å². The zero-order valence-electron chi connectivity index (χ0n) is 15.7. The molecule has 0 spiro atoms. The number of anilines is 1. The summed E-state index contributed by atoms with van der Waals surface area (Å²) in [5.41, 5.74) is 3.06. The van der Waals surface area contributed by atoms with Gasteiger partial charge in [0.25, 0.3) is 5.56 Å². The SMILES string of the molecule is Cc1cccc(N2CCN(C(=O)C3CSc4ncc(C)c(=O)n4C3)CC2)c1. The maximum absolute atomic E-state index is 13.0. The number of aryl methyl sites for hydroxylation is 2. The van der Waals surface area contributed by atoms with Gasteiger partial charge in [0.15, 0.2) is 5.16 Å². The van der Waals surface area contributed by atoms with Crippen molar-refractivity contribution in [2.75, 3.05) is 36.8 Å². The van der Waals surface area contributed by atoms with Crippen molar-refractivity contribution in [1.29, 1.82) is 0 Å². The molecule has 2 aliphatic rings. The lowest BCUT2D eigenvalue weighted by Crippen LogP contribution is -2.52. The van der Waals surface area contributed by atoms with Crippen molar-refractivity contribution in [3.8, 4) is 0 Å². The predicted molar refractivity (Wildman–Crippen MR) is 107 cm³/mol. The molecule has 1 saturated heterocycles. The Bertz CT molecular complexity index is 918. The standard InChI is InChI=1S/C20H24N4O2S/c1-14-4-3-5-17(10-14)22-6-8-23(9-7-22)19(26)16-12-24-18(25)15(2)11-21-20(24)27-13-16/h3-5,10-11,16H,6-9,12-13H2,1-2H3. The summed E-state index contributed by atoms with van der Waals surface area (Å²) in [5, 5.41) is 0.721. The largest absolute Gasteiger partial charge is 0.368 e. The Balaban J connectivity index is 1.41. The van der Waals surface area contributed by atoms with Crippen LogP contribution in [-0.4, -0.2) is 52.3 Å². The quantitative estimate of drug-likeness (QED) is 0.741. The van der Waals surface area contributed by atoms with E-state index < -0.39 is 0 Å². The van der Waals surface area contributed by atoms with Crippen molar-refractivity contribution in [1.82, 2.24) is 14.5 Å². The Morgan fingerprint density at radius 1 is 1.19 bits per heavy atom. The average Bonchev–Trinajstić information content (AvgIpc) is 2.70. The summed E-state index contributed by atoms with van der Waals surface area (Å²) in [6, 6.07) is 8.49. The van der Waals surface area contributed by atoms with Crippen molar-refractivity contribution in [2.24, 2.45) is 5.92 Å². The molecule has 0 bridgehead atoms. The second kappa shape index (κ2) is 7.38. The highest BCUT2D eigenvalue weighted by Crippen LogP contribution is 2.27. The Morgan fingerprint density at radius 3 is 2.70 bits per heavy atom. The Hall–Kier alpha value is -2.28. The van der Waals surface area contributed by atoms with Crippen LogP contribution in [0.4, 0.5) is 5.69 Å². The number of aromatic nitrogens is 2. The number of hydrogen-bond acceptors (Lipinski definition) is 5. The fourth-order valence-electron chi connectivity index (χ4n) is 3.72. The summed E-state index contributed by atoms with van der Waals surface area (Å²) in [6.07, 6.45) is 1.62. The van der Waals surface area contributed by atoms with E-state index in [1.165, 1.54) is 23.0 Å². The van der Waals surface area contributed by atoms with Gasteiger partial charge in [0, 0.05) is 55.9 Å². The van der Waals surface area contributed by atoms with Gasteiger partial charge in [0.1, 0.15) is 0 Å². The van der Waals surface area contributed by atoms with Gasteiger partial charge in [-0.15, -0.1) is 0 Å². The van der Waals surface area contributed by atoms with E-state index in [2.05, 4.69) is 41.1 Å². The number of rotatable bonds is 2. The molecule has 3 heterocycles. The second-order valence-corrected chi connectivity index (χ2v) is 8.29. The molecule has 142 valence electrons. The van der Waals surface area contributed by atoms with Gasteiger partial charge in [0.05, 0.1) is 5.92 Å². The van der Waals surface area contributed by atoms with Crippen molar-refractivity contribution in [2.45, 2.75) is 25.5 Å². The van der Waals surface area contributed by atoms with Gasteiger partial charge < -0.3 is 9.80 Å². The molecule has 0 radical (unpaired) electrons. The normalized spacial score (nSPS) is 19.7. The number of thioether (sulfide) groups is 1. The Kier molecular flexibility index (Phi) is 4.95. The molecule has 1 fully saturated rings. The number of nitrogens with zero attached hydrogens (tertiary/aromatic N) is 4. The van der Waals surface area contributed by atoms with E-state index in [0.29, 0.717) is 17.9 Å². The molecule has 7 heteroatoms. The zero-order chi connectivity index (χ0) is 19.0. The first-order valence-electron chi connectivity index (χ1n) is 9.32. The first-order chi connectivity index (χ1) is 13.0. The lowest BCUT2D eigenvalue weighted by atomic mass is 10.1. The number of amides is 1. The third-order valence-corrected chi connectivity index (χ3v) is 6.46. The van der Waals surface area contributed by atoms with Gasteiger partial charge in [-0.1, -0.05) is 23.9 Å². The highest BCUT2D eigenvalue weighted by Gasteiger charge is 2.31. The van der Waals surface area contributed by atoms with Crippen LogP contribution in [0, 0.1) is 19.8 Å². The number of carbonyl (C=O) groups is 1. The van der Waals surface area contributed by atoms with Crippen LogP contribution in [0.15, 0.2) is 40.4 Å². The van der Waals surface area contributed by atoms with Gasteiger partial charge in [-0.25, -0.2) is 4.98 Å². The van der Waals surface area contributed by atoms with Crippen LogP contribution in [0.2, 0.25) is 0 Å². The molecule has 6 nitrogen and oxygen atoms in total. The summed E-state index contributed by atoms with van der Waals surface area (Å²) in [5.74, 6) is 0.687. The molecule has 2 aliphatic heterocycles. The molecule has 1 atom stereocenters. The van der Waals surface area contributed by atoms with Crippen LogP contribution < -0.4 is 10.5 Å². The Morgan fingerprint density at radius 2 is 1.96 bits per heavy atom. The molecule has 0 N–H and O–H groups in total. The molecule has 1 aromatic heterocycles. The van der Waals surface area contributed by atoms with Crippen LogP contribution in [0.25, 0.3) is 0 Å². The number of fused-ring (bicyclic) bond motifs is 1. The van der Waals surface area contributed by atoms with Crippen LogP contribution in [-0.2, 0) is 11.3 Å². The molecule has 1 aromatic carbocycles. The first-order valence-corrected chi connectivity index (χ1v) is 10.3. The molecule has 2 aromatic rings. The highest BCUT2D eigenvalue weighted by molar-refractivity contribution is 7.99. The average molecular weight is 385 g/mol. The van der Waals surface area contributed by atoms with Crippen LogP contribution in [0.5, 0.6) is 0 Å². The van der Waals surface area contributed by atoms with Crippen molar-refractivity contribution < 1.29 is 4.79 Å². The lowest BCUT2D eigenvalue weighted by molar-refractivity contribution is -0.135. The second-order valence-electron chi connectivity index (χ2n) is 7.30. The van der Waals surface area contributed by atoms with E-state index in [1.54, 1.807) is 17.7 Å². The highest BCUT2D eigenvalue weighted by atomic mass is 32.2. The molecule has 1 unspecified atom stereocenters. The first kappa shape index (κ1) is 18.1. The van der Waals surface area contributed by atoms with E-state index in [4.69, 9.17) is 0 Å². The maximum atomic E-state index is 13.0. The van der Waals surface area contributed by atoms with E-state index in [1.807, 2.05) is 4.90 Å². The number of piperazine rings is 1. The van der Waals surface area contributed by atoms with Gasteiger partial charge >= 0.3 is 0 Å². The molecule has 4 rings (SSSR count). The van der Waals surface area contributed by atoms with E-state index in [0.717, 1.165) is 31.3 Å². The minimum Gasteiger partial charge on any atom is -0.368 e. The molecule has 0 aliphatic carbocycles. The molecular formula is C20H24N4O2S. The van der Waals surface area contributed by atoms with E-state index >= 15 is 0 Å². The van der Waals surface area contributed by atoms with Gasteiger partial charge in [-0.3, -0.25) is 14.2 Å². The van der Waals surface area contributed by atoms with Crippen LogP contribution in [0.1, 0.15) is 11.1 Å². The number of hydrogen-bond donors (Lipinski definition) is 0. The fraction of sp³-hybridized carbons (Fsp3) is 0.450. The lowest BCUT2D eigenvalue weighted by Gasteiger charge is -2.38. The van der Waals surface area contributed by atoms with Gasteiger partial charge in [0.2, 0.25) is 5.91 Å². The summed E-state index contributed by atoms with van der Waals surface area (Å²) < 4.78 is 1.66. The minimum atomic E-state index is -0.158. The summed E-state index contributed by atoms with van der Waals surface area (Å²) in [7, 11) is 0. The zero-order valence-corrected chi connectivity index (χ0v) is 16.5. The third kappa shape index (κ3) is 3.60. The fourth-order valence-corrected chi connectivity index (χ4v) is 4.76. The summed E-state index contributed by atoms with van der Waals surface area (Å²) in [6.45, 7) is 7.43. The predicted octanol–water partition coefficient (Wildman–Crippen LogP) is 1.93.